The van der Waals surface area contributed by atoms with E-state index in [1.165, 1.54) is 18.3 Å². The first-order valence-electron chi connectivity index (χ1n) is 5.14. The Balaban J connectivity index is 2.45. The van der Waals surface area contributed by atoms with Gasteiger partial charge in [0.25, 0.3) is 0 Å². The maximum absolute atomic E-state index is 10.9. The van der Waals surface area contributed by atoms with Crippen LogP contribution in [0.5, 0.6) is 5.75 Å². The van der Waals surface area contributed by atoms with E-state index in [9.17, 15) is 9.59 Å². The molecular formula is C12H13NO4. The molecule has 1 aromatic rings. The van der Waals surface area contributed by atoms with Crippen LogP contribution >= 0.6 is 0 Å². The number of esters is 1. The lowest BCUT2D eigenvalue weighted by atomic mass is 10.3. The molecule has 1 heterocycles. The van der Waals surface area contributed by atoms with E-state index in [1.807, 2.05) is 0 Å². The number of aromatic nitrogens is 1. The lowest BCUT2D eigenvalue weighted by Gasteiger charge is -2.03. The topological polar surface area (TPSA) is 65.5 Å². The Morgan fingerprint density at radius 3 is 3.06 bits per heavy atom. The lowest BCUT2D eigenvalue weighted by molar-refractivity contribution is -0.137. The molecule has 5 heteroatoms. The van der Waals surface area contributed by atoms with Crippen molar-refractivity contribution in [2.75, 3.05) is 13.2 Å². The van der Waals surface area contributed by atoms with Crippen molar-refractivity contribution >= 4 is 12.3 Å². The molecule has 0 saturated carbocycles. The van der Waals surface area contributed by atoms with Gasteiger partial charge in [-0.3, -0.25) is 4.79 Å². The Bertz CT molecular complexity index is 415. The molecule has 0 spiro atoms. The molecule has 0 fully saturated rings. The first-order chi connectivity index (χ1) is 8.27. The van der Waals surface area contributed by atoms with E-state index in [1.54, 1.807) is 19.1 Å². The van der Waals surface area contributed by atoms with Crippen molar-refractivity contribution in [2.24, 2.45) is 0 Å². The van der Waals surface area contributed by atoms with Crippen molar-refractivity contribution < 1.29 is 19.1 Å². The van der Waals surface area contributed by atoms with E-state index in [-0.39, 0.29) is 12.3 Å². The molecule has 0 atom stereocenters. The van der Waals surface area contributed by atoms with Gasteiger partial charge < -0.3 is 9.47 Å². The van der Waals surface area contributed by atoms with Gasteiger partial charge in [0.15, 0.2) is 6.29 Å². The SMILES string of the molecule is CCOC(=O)/C=C/COc1cccnc1C=O. The first kappa shape index (κ1) is 12.9. The summed E-state index contributed by atoms with van der Waals surface area (Å²) in [4.78, 5) is 25.4. The van der Waals surface area contributed by atoms with Gasteiger partial charge in [0, 0.05) is 12.3 Å². The summed E-state index contributed by atoms with van der Waals surface area (Å²) in [5, 5.41) is 0. The number of ether oxygens (including phenoxy) is 2. The lowest BCUT2D eigenvalue weighted by Crippen LogP contribution is -2.02. The molecule has 0 aliphatic rings. The molecule has 0 unspecified atom stereocenters. The Hall–Kier alpha value is -2.17. The number of hydrogen-bond acceptors (Lipinski definition) is 5. The predicted molar refractivity (Wildman–Crippen MR) is 60.9 cm³/mol. The van der Waals surface area contributed by atoms with Gasteiger partial charge in [-0.2, -0.15) is 0 Å². The Kier molecular flexibility index (Phi) is 5.43. The summed E-state index contributed by atoms with van der Waals surface area (Å²) in [6.45, 7) is 2.24. The average Bonchev–Trinajstić information content (AvgIpc) is 2.35. The molecule has 0 aliphatic heterocycles. The summed E-state index contributed by atoms with van der Waals surface area (Å²) >= 11 is 0. The van der Waals surface area contributed by atoms with Crippen molar-refractivity contribution in [1.29, 1.82) is 0 Å². The van der Waals surface area contributed by atoms with E-state index in [2.05, 4.69) is 9.72 Å². The van der Waals surface area contributed by atoms with Gasteiger partial charge in [0.2, 0.25) is 0 Å². The highest BCUT2D eigenvalue weighted by atomic mass is 16.5. The molecule has 17 heavy (non-hydrogen) atoms. The van der Waals surface area contributed by atoms with Gasteiger partial charge in [-0.15, -0.1) is 0 Å². The third-order valence-corrected chi connectivity index (χ3v) is 1.79. The summed E-state index contributed by atoms with van der Waals surface area (Å²) in [6, 6.07) is 3.30. The van der Waals surface area contributed by atoms with Crippen molar-refractivity contribution in [3.05, 3.63) is 36.2 Å². The molecular weight excluding hydrogens is 222 g/mol. The third kappa shape index (κ3) is 4.46. The number of pyridine rings is 1. The highest BCUT2D eigenvalue weighted by Crippen LogP contribution is 2.12. The third-order valence-electron chi connectivity index (χ3n) is 1.79. The zero-order valence-corrected chi connectivity index (χ0v) is 9.46. The van der Waals surface area contributed by atoms with Crippen molar-refractivity contribution in [1.82, 2.24) is 4.98 Å². The number of hydrogen-bond donors (Lipinski definition) is 0. The molecule has 0 saturated heterocycles. The van der Waals surface area contributed by atoms with Crippen LogP contribution < -0.4 is 4.74 Å². The molecule has 0 amide bonds. The van der Waals surface area contributed by atoms with Crippen LogP contribution in [0.25, 0.3) is 0 Å². The van der Waals surface area contributed by atoms with Crippen LogP contribution in [0.3, 0.4) is 0 Å². The number of nitrogens with zero attached hydrogens (tertiary/aromatic N) is 1. The minimum absolute atomic E-state index is 0.172. The molecule has 0 N–H and O–H groups in total. The van der Waals surface area contributed by atoms with Crippen LogP contribution in [0.4, 0.5) is 0 Å². The molecule has 1 rings (SSSR count). The van der Waals surface area contributed by atoms with Gasteiger partial charge in [0.1, 0.15) is 18.1 Å². The average molecular weight is 235 g/mol. The minimum Gasteiger partial charge on any atom is -0.487 e. The first-order valence-corrected chi connectivity index (χ1v) is 5.14. The van der Waals surface area contributed by atoms with Crippen LogP contribution in [-0.4, -0.2) is 30.5 Å². The maximum atomic E-state index is 10.9. The smallest absolute Gasteiger partial charge is 0.330 e. The number of carbonyl (C=O) groups excluding carboxylic acids is 2. The van der Waals surface area contributed by atoms with E-state index >= 15 is 0 Å². The second-order valence-electron chi connectivity index (χ2n) is 2.97. The number of aldehydes is 1. The monoisotopic (exact) mass is 235 g/mol. The zero-order valence-electron chi connectivity index (χ0n) is 9.46. The molecule has 1 aromatic heterocycles. The summed E-state index contributed by atoms with van der Waals surface area (Å²) in [6.07, 6.45) is 4.91. The standard InChI is InChI=1S/C12H13NO4/c1-2-16-12(15)6-4-8-17-11-5-3-7-13-10(11)9-14/h3-7,9H,2,8H2,1H3/b6-4+. The molecule has 0 aromatic carbocycles. The van der Waals surface area contributed by atoms with Crippen molar-refractivity contribution in [3.8, 4) is 5.75 Å². The van der Waals surface area contributed by atoms with Crippen LogP contribution in [-0.2, 0) is 9.53 Å². The van der Waals surface area contributed by atoms with Gasteiger partial charge in [-0.25, -0.2) is 9.78 Å². The normalized spacial score (nSPS) is 10.2. The molecule has 0 radical (unpaired) electrons. The fourth-order valence-corrected chi connectivity index (χ4v) is 1.09. The van der Waals surface area contributed by atoms with E-state index in [0.29, 0.717) is 18.6 Å². The fraction of sp³-hybridized carbons (Fsp3) is 0.250. The molecule has 0 bridgehead atoms. The molecule has 0 aliphatic carbocycles. The second kappa shape index (κ2) is 7.16. The van der Waals surface area contributed by atoms with Crippen molar-refractivity contribution in [3.63, 3.8) is 0 Å². The maximum Gasteiger partial charge on any atom is 0.330 e. The highest BCUT2D eigenvalue weighted by molar-refractivity contribution is 5.81. The van der Waals surface area contributed by atoms with E-state index in [4.69, 9.17) is 4.74 Å². The minimum atomic E-state index is -0.419. The Morgan fingerprint density at radius 2 is 2.35 bits per heavy atom. The second-order valence-corrected chi connectivity index (χ2v) is 2.97. The van der Waals surface area contributed by atoms with Crippen LogP contribution in [0.1, 0.15) is 17.4 Å². The quantitative estimate of drug-likeness (QED) is 0.423. The van der Waals surface area contributed by atoms with E-state index in [0.717, 1.165) is 0 Å². The van der Waals surface area contributed by atoms with Gasteiger partial charge >= 0.3 is 5.97 Å². The Morgan fingerprint density at radius 1 is 1.53 bits per heavy atom. The van der Waals surface area contributed by atoms with Gasteiger partial charge in [-0.1, -0.05) is 0 Å². The zero-order chi connectivity index (χ0) is 12.5. The fourth-order valence-electron chi connectivity index (χ4n) is 1.09. The van der Waals surface area contributed by atoms with Gasteiger partial charge in [0.05, 0.1) is 6.61 Å². The summed E-state index contributed by atoms with van der Waals surface area (Å²) in [7, 11) is 0. The highest BCUT2D eigenvalue weighted by Gasteiger charge is 2.01. The largest absolute Gasteiger partial charge is 0.487 e. The van der Waals surface area contributed by atoms with Gasteiger partial charge in [-0.05, 0) is 25.1 Å². The van der Waals surface area contributed by atoms with Crippen LogP contribution in [0.15, 0.2) is 30.5 Å². The van der Waals surface area contributed by atoms with Crippen LogP contribution in [0.2, 0.25) is 0 Å². The van der Waals surface area contributed by atoms with Crippen molar-refractivity contribution in [2.45, 2.75) is 6.92 Å². The summed E-state index contributed by atoms with van der Waals surface area (Å²) in [5.74, 6) is -0.0334. The molecule has 5 nitrogen and oxygen atoms in total. The predicted octanol–water partition coefficient (Wildman–Crippen LogP) is 1.39. The van der Waals surface area contributed by atoms with E-state index < -0.39 is 5.97 Å². The number of carbonyl (C=O) groups is 2. The Labute approximate surface area is 99.1 Å². The summed E-state index contributed by atoms with van der Waals surface area (Å²) in [5.41, 5.74) is 0.233. The molecule has 90 valence electrons. The van der Waals surface area contributed by atoms with Crippen LogP contribution in [0, 0.1) is 0 Å². The number of rotatable bonds is 6. The summed E-state index contributed by atoms with van der Waals surface area (Å²) < 4.78 is 9.96.